The van der Waals surface area contributed by atoms with Crippen molar-refractivity contribution in [1.29, 1.82) is 0 Å². The van der Waals surface area contributed by atoms with Gasteiger partial charge < -0.3 is 19.3 Å². The van der Waals surface area contributed by atoms with E-state index in [-0.39, 0.29) is 5.91 Å². The van der Waals surface area contributed by atoms with Crippen LogP contribution in [0.5, 0.6) is 11.5 Å². The number of hydrogen-bond acceptors (Lipinski definition) is 6. The third-order valence-electron chi connectivity index (χ3n) is 4.19. The Bertz CT molecular complexity index is 926. The molecule has 3 rings (SSSR count). The van der Waals surface area contributed by atoms with Gasteiger partial charge in [0.15, 0.2) is 11.5 Å². The molecule has 2 heterocycles. The standard InChI is InChI=1S/C19H22N4O4/c1-12-16(13(2)27-22-12)11-26-17-6-5-15(7-18(17)25-4)19(24)20-8-14-9-21-23(3)10-14/h5-7,9-10H,8,11H2,1-4H3,(H,20,24). The Kier molecular flexibility index (Phi) is 5.44. The molecular weight excluding hydrogens is 348 g/mol. The molecule has 8 heteroatoms. The minimum atomic E-state index is -0.200. The lowest BCUT2D eigenvalue weighted by Crippen LogP contribution is -2.22. The van der Waals surface area contributed by atoms with Crippen molar-refractivity contribution >= 4 is 5.91 Å². The van der Waals surface area contributed by atoms with Crippen LogP contribution < -0.4 is 14.8 Å². The van der Waals surface area contributed by atoms with E-state index in [0.717, 1.165) is 22.6 Å². The molecule has 0 atom stereocenters. The lowest BCUT2D eigenvalue weighted by atomic mass is 10.1. The fraction of sp³-hybridized carbons (Fsp3) is 0.316. The number of ether oxygens (including phenoxy) is 2. The van der Waals surface area contributed by atoms with Crippen LogP contribution in [0, 0.1) is 13.8 Å². The van der Waals surface area contributed by atoms with E-state index in [0.29, 0.717) is 30.2 Å². The molecule has 27 heavy (non-hydrogen) atoms. The second-order valence-electron chi connectivity index (χ2n) is 6.16. The summed E-state index contributed by atoms with van der Waals surface area (Å²) in [7, 11) is 3.37. The molecule has 0 saturated carbocycles. The van der Waals surface area contributed by atoms with Gasteiger partial charge in [-0.3, -0.25) is 9.48 Å². The van der Waals surface area contributed by atoms with Gasteiger partial charge in [-0.15, -0.1) is 0 Å². The molecule has 0 aliphatic rings. The summed E-state index contributed by atoms with van der Waals surface area (Å²) < 4.78 is 18.0. The van der Waals surface area contributed by atoms with Crippen LogP contribution >= 0.6 is 0 Å². The lowest BCUT2D eigenvalue weighted by molar-refractivity contribution is 0.0950. The van der Waals surface area contributed by atoms with Gasteiger partial charge in [-0.05, 0) is 32.0 Å². The average Bonchev–Trinajstić information content (AvgIpc) is 3.23. The van der Waals surface area contributed by atoms with Crippen molar-refractivity contribution in [3.05, 3.63) is 58.7 Å². The third kappa shape index (κ3) is 4.28. The molecule has 1 N–H and O–H groups in total. The number of amides is 1. The molecule has 0 unspecified atom stereocenters. The Labute approximate surface area is 157 Å². The molecule has 142 valence electrons. The molecule has 0 radical (unpaired) electrons. The number of carbonyl (C=O) groups excluding carboxylic acids is 1. The summed E-state index contributed by atoms with van der Waals surface area (Å²) in [6, 6.07) is 5.07. The van der Waals surface area contributed by atoms with Crippen molar-refractivity contribution in [2.75, 3.05) is 7.11 Å². The second kappa shape index (κ2) is 7.94. The zero-order chi connectivity index (χ0) is 19.4. The highest BCUT2D eigenvalue weighted by atomic mass is 16.5. The van der Waals surface area contributed by atoms with Crippen LogP contribution in [0.15, 0.2) is 35.1 Å². The zero-order valence-corrected chi connectivity index (χ0v) is 15.8. The molecule has 1 aromatic carbocycles. The van der Waals surface area contributed by atoms with E-state index >= 15 is 0 Å². The first-order valence-electron chi connectivity index (χ1n) is 8.46. The number of aromatic nitrogens is 3. The lowest BCUT2D eigenvalue weighted by Gasteiger charge is -2.12. The zero-order valence-electron chi connectivity index (χ0n) is 15.8. The molecule has 1 amide bonds. The first-order chi connectivity index (χ1) is 13.0. The van der Waals surface area contributed by atoms with Gasteiger partial charge in [-0.2, -0.15) is 5.10 Å². The van der Waals surface area contributed by atoms with Crippen molar-refractivity contribution < 1.29 is 18.8 Å². The summed E-state index contributed by atoms with van der Waals surface area (Å²) in [5, 5.41) is 10.8. The highest BCUT2D eigenvalue weighted by Crippen LogP contribution is 2.29. The predicted molar refractivity (Wildman–Crippen MR) is 97.7 cm³/mol. The van der Waals surface area contributed by atoms with Crippen LogP contribution in [-0.2, 0) is 20.2 Å². The molecule has 0 bridgehead atoms. The van der Waals surface area contributed by atoms with Crippen molar-refractivity contribution in [1.82, 2.24) is 20.3 Å². The Balaban J connectivity index is 1.67. The van der Waals surface area contributed by atoms with Gasteiger partial charge >= 0.3 is 0 Å². The highest BCUT2D eigenvalue weighted by Gasteiger charge is 2.14. The van der Waals surface area contributed by atoms with Gasteiger partial charge in [0.05, 0.1) is 24.6 Å². The van der Waals surface area contributed by atoms with E-state index in [9.17, 15) is 4.79 Å². The van der Waals surface area contributed by atoms with Crippen molar-refractivity contribution in [2.45, 2.75) is 27.0 Å². The smallest absolute Gasteiger partial charge is 0.251 e. The fourth-order valence-corrected chi connectivity index (χ4v) is 2.63. The van der Waals surface area contributed by atoms with Crippen LogP contribution in [0.3, 0.4) is 0 Å². The topological polar surface area (TPSA) is 91.4 Å². The van der Waals surface area contributed by atoms with Crippen LogP contribution in [-0.4, -0.2) is 28.0 Å². The highest BCUT2D eigenvalue weighted by molar-refractivity contribution is 5.94. The maximum Gasteiger partial charge on any atom is 0.251 e. The Morgan fingerprint density at radius 3 is 2.74 bits per heavy atom. The Morgan fingerprint density at radius 2 is 2.11 bits per heavy atom. The molecule has 3 aromatic rings. The quantitative estimate of drug-likeness (QED) is 0.687. The minimum absolute atomic E-state index is 0.200. The largest absolute Gasteiger partial charge is 0.493 e. The number of methoxy groups -OCH3 is 1. The van der Waals surface area contributed by atoms with Gasteiger partial charge in [0.1, 0.15) is 12.4 Å². The average molecular weight is 370 g/mol. The van der Waals surface area contributed by atoms with Gasteiger partial charge in [-0.1, -0.05) is 5.16 Å². The number of benzene rings is 1. The summed E-state index contributed by atoms with van der Waals surface area (Å²) in [5.74, 6) is 1.55. The number of rotatable bonds is 7. The summed E-state index contributed by atoms with van der Waals surface area (Å²) >= 11 is 0. The number of hydrogen-bond donors (Lipinski definition) is 1. The van der Waals surface area contributed by atoms with Gasteiger partial charge in [0.25, 0.3) is 5.91 Å². The van der Waals surface area contributed by atoms with E-state index < -0.39 is 0 Å². The van der Waals surface area contributed by atoms with Crippen LogP contribution in [0.2, 0.25) is 0 Å². The third-order valence-corrected chi connectivity index (χ3v) is 4.19. The molecule has 8 nitrogen and oxygen atoms in total. The summed E-state index contributed by atoms with van der Waals surface area (Å²) in [4.78, 5) is 12.4. The van der Waals surface area contributed by atoms with E-state index in [1.807, 2.05) is 27.1 Å². The molecule has 0 aliphatic heterocycles. The Morgan fingerprint density at radius 1 is 1.30 bits per heavy atom. The van der Waals surface area contributed by atoms with Crippen LogP contribution in [0.25, 0.3) is 0 Å². The van der Waals surface area contributed by atoms with Crippen LogP contribution in [0.4, 0.5) is 0 Å². The fourth-order valence-electron chi connectivity index (χ4n) is 2.63. The van der Waals surface area contributed by atoms with E-state index in [1.54, 1.807) is 29.1 Å². The van der Waals surface area contributed by atoms with E-state index in [1.165, 1.54) is 7.11 Å². The SMILES string of the molecule is COc1cc(C(=O)NCc2cnn(C)c2)ccc1OCc1c(C)noc1C. The first-order valence-corrected chi connectivity index (χ1v) is 8.46. The molecule has 0 spiro atoms. The summed E-state index contributed by atoms with van der Waals surface area (Å²) in [6.45, 7) is 4.41. The normalized spacial score (nSPS) is 10.7. The van der Waals surface area contributed by atoms with Crippen LogP contribution in [0.1, 0.15) is 32.9 Å². The maximum absolute atomic E-state index is 12.4. The molecule has 0 saturated heterocycles. The molecular formula is C19H22N4O4. The van der Waals surface area contributed by atoms with Gasteiger partial charge in [0, 0.05) is 30.9 Å². The number of carbonyl (C=O) groups is 1. The van der Waals surface area contributed by atoms with Crippen molar-refractivity contribution in [3.63, 3.8) is 0 Å². The molecule has 0 aliphatic carbocycles. The second-order valence-corrected chi connectivity index (χ2v) is 6.16. The van der Waals surface area contributed by atoms with Gasteiger partial charge in [-0.25, -0.2) is 0 Å². The van der Waals surface area contributed by atoms with Gasteiger partial charge in [0.2, 0.25) is 0 Å². The number of aryl methyl sites for hydroxylation is 3. The molecule has 2 aromatic heterocycles. The predicted octanol–water partition coefficient (Wildman–Crippen LogP) is 2.54. The van der Waals surface area contributed by atoms with Crippen molar-refractivity contribution in [3.8, 4) is 11.5 Å². The van der Waals surface area contributed by atoms with E-state index in [2.05, 4.69) is 15.6 Å². The summed E-state index contributed by atoms with van der Waals surface area (Å²) in [6.07, 6.45) is 3.57. The van der Waals surface area contributed by atoms with Crippen molar-refractivity contribution in [2.24, 2.45) is 7.05 Å². The summed E-state index contributed by atoms with van der Waals surface area (Å²) in [5.41, 5.74) is 3.10. The monoisotopic (exact) mass is 370 g/mol. The minimum Gasteiger partial charge on any atom is -0.493 e. The first kappa shape index (κ1) is 18.5. The number of nitrogens with zero attached hydrogens (tertiary/aromatic N) is 3. The maximum atomic E-state index is 12.4. The molecule has 0 fully saturated rings. The Hall–Kier alpha value is -3.29. The number of nitrogens with one attached hydrogen (secondary N) is 1. The van der Waals surface area contributed by atoms with E-state index in [4.69, 9.17) is 14.0 Å².